The molecule has 1 saturated carbocycles. The van der Waals surface area contributed by atoms with Crippen molar-refractivity contribution in [1.82, 2.24) is 15.5 Å². The number of hydrogen-bond acceptors (Lipinski definition) is 3. The number of aliphatic imine (C=N–C) groups is 1. The van der Waals surface area contributed by atoms with Crippen molar-refractivity contribution in [1.29, 1.82) is 0 Å². The Hall–Kier alpha value is -2.29. The highest BCUT2D eigenvalue weighted by Crippen LogP contribution is 2.48. The molecule has 1 fully saturated rings. The van der Waals surface area contributed by atoms with Crippen molar-refractivity contribution < 1.29 is 22.7 Å². The van der Waals surface area contributed by atoms with Gasteiger partial charge in [0.1, 0.15) is 0 Å². The van der Waals surface area contributed by atoms with E-state index in [1.54, 1.807) is 27.3 Å². The first-order valence-corrected chi connectivity index (χ1v) is 9.53. The zero-order valence-corrected chi connectivity index (χ0v) is 17.1. The largest absolute Gasteiger partial charge is 0.416 e. The summed E-state index contributed by atoms with van der Waals surface area (Å²) in [6.07, 6.45) is -1.30. The first-order valence-electron chi connectivity index (χ1n) is 9.53. The lowest BCUT2D eigenvalue weighted by Crippen LogP contribution is -2.44. The van der Waals surface area contributed by atoms with Gasteiger partial charge in [-0.1, -0.05) is 12.1 Å². The molecule has 6 nitrogen and oxygen atoms in total. The van der Waals surface area contributed by atoms with E-state index in [-0.39, 0.29) is 24.4 Å². The van der Waals surface area contributed by atoms with Gasteiger partial charge < -0.3 is 20.3 Å². The molecule has 2 N–H and O–H groups in total. The van der Waals surface area contributed by atoms with Gasteiger partial charge in [-0.2, -0.15) is 13.2 Å². The second kappa shape index (κ2) is 9.96. The summed E-state index contributed by atoms with van der Waals surface area (Å²) in [7, 11) is 4.97. The third kappa shape index (κ3) is 7.56. The minimum Gasteiger partial charge on any atom is -0.385 e. The van der Waals surface area contributed by atoms with Crippen LogP contribution in [0.3, 0.4) is 0 Å². The molecule has 0 atom stereocenters. The molecular formula is C20H29F3N4O2. The van der Waals surface area contributed by atoms with E-state index in [1.807, 2.05) is 0 Å². The summed E-state index contributed by atoms with van der Waals surface area (Å²) in [5, 5.41) is 6.20. The predicted octanol–water partition coefficient (Wildman–Crippen LogP) is 2.65. The lowest BCUT2D eigenvalue weighted by molar-refractivity contribution is -0.137. The number of hydrogen-bond donors (Lipinski definition) is 2. The summed E-state index contributed by atoms with van der Waals surface area (Å²) in [4.78, 5) is 17.7. The van der Waals surface area contributed by atoms with Crippen LogP contribution in [0.5, 0.6) is 0 Å². The fourth-order valence-corrected chi connectivity index (χ4v) is 2.79. The highest BCUT2D eigenvalue weighted by atomic mass is 19.4. The second-order valence-corrected chi connectivity index (χ2v) is 7.60. The number of likely N-dealkylation sites (N-methyl/N-ethyl adjacent to an activating group) is 1. The molecule has 2 rings (SSSR count). The van der Waals surface area contributed by atoms with Crippen LogP contribution in [0.15, 0.2) is 29.3 Å². The zero-order chi connectivity index (χ0) is 21.5. The van der Waals surface area contributed by atoms with Crippen molar-refractivity contribution in [3.05, 3.63) is 35.4 Å². The quantitative estimate of drug-likeness (QED) is 0.482. The smallest absolute Gasteiger partial charge is 0.385 e. The van der Waals surface area contributed by atoms with Gasteiger partial charge >= 0.3 is 6.18 Å². The molecule has 0 bridgehead atoms. The fraction of sp³-hybridized carbons (Fsp3) is 0.600. The number of nitrogens with zero attached hydrogens (tertiary/aromatic N) is 2. The van der Waals surface area contributed by atoms with Crippen LogP contribution in [-0.2, 0) is 22.3 Å². The van der Waals surface area contributed by atoms with Crippen molar-refractivity contribution >= 4 is 11.9 Å². The summed E-state index contributed by atoms with van der Waals surface area (Å²) in [6.45, 7) is 1.46. The second-order valence-electron chi connectivity index (χ2n) is 7.60. The zero-order valence-electron chi connectivity index (χ0n) is 17.1. The maximum Gasteiger partial charge on any atom is 0.416 e. The van der Waals surface area contributed by atoms with E-state index in [9.17, 15) is 18.0 Å². The van der Waals surface area contributed by atoms with Gasteiger partial charge in [-0.25, -0.2) is 4.99 Å². The van der Waals surface area contributed by atoms with Crippen molar-refractivity contribution in [2.75, 3.05) is 40.9 Å². The maximum atomic E-state index is 12.9. The third-order valence-electron chi connectivity index (χ3n) is 5.00. The van der Waals surface area contributed by atoms with Crippen LogP contribution in [0.4, 0.5) is 13.2 Å². The Morgan fingerprint density at radius 2 is 2.00 bits per heavy atom. The number of rotatable bonds is 9. The van der Waals surface area contributed by atoms with Crippen molar-refractivity contribution in [2.24, 2.45) is 10.4 Å². The van der Waals surface area contributed by atoms with Gasteiger partial charge in [-0.05, 0) is 42.4 Å². The summed E-state index contributed by atoms with van der Waals surface area (Å²) < 4.78 is 43.9. The number of benzene rings is 1. The molecular weight excluding hydrogens is 385 g/mol. The normalized spacial score (nSPS) is 15.7. The van der Waals surface area contributed by atoms with Crippen molar-refractivity contribution in [2.45, 2.75) is 32.0 Å². The standard InChI is InChI=1S/C20H29F3N4O2/c1-27(2)17(28)13-25-18(26-14-19(7-8-19)9-10-29-3)24-12-15-5-4-6-16(11-15)20(21,22)23/h4-6,11H,7-10,12-14H2,1-3H3,(H2,24,25,26). The monoisotopic (exact) mass is 414 g/mol. The van der Waals surface area contributed by atoms with E-state index in [2.05, 4.69) is 15.6 Å². The SMILES string of the molecule is COCCC1(CNC(=NCc2cccc(C(F)(F)F)c2)NCC(=O)N(C)C)CC1. The summed E-state index contributed by atoms with van der Waals surface area (Å²) >= 11 is 0. The van der Waals surface area contributed by atoms with Crippen LogP contribution < -0.4 is 10.6 Å². The van der Waals surface area contributed by atoms with Gasteiger partial charge in [0.15, 0.2) is 5.96 Å². The highest BCUT2D eigenvalue weighted by Gasteiger charge is 2.41. The average Bonchev–Trinajstić information content (AvgIpc) is 3.45. The van der Waals surface area contributed by atoms with Crippen LogP contribution in [0.1, 0.15) is 30.4 Å². The Morgan fingerprint density at radius 1 is 1.28 bits per heavy atom. The summed E-state index contributed by atoms with van der Waals surface area (Å²) in [5.41, 5.74) is -0.104. The van der Waals surface area contributed by atoms with Crippen LogP contribution >= 0.6 is 0 Å². The minimum atomic E-state index is -4.39. The summed E-state index contributed by atoms with van der Waals surface area (Å²) in [6, 6.07) is 5.09. The molecule has 9 heteroatoms. The molecule has 0 aromatic heterocycles. The lowest BCUT2D eigenvalue weighted by atomic mass is 10.0. The van der Waals surface area contributed by atoms with Gasteiger partial charge in [0.05, 0.1) is 18.7 Å². The van der Waals surface area contributed by atoms with Gasteiger partial charge in [0.25, 0.3) is 0 Å². The predicted molar refractivity (Wildman–Crippen MR) is 105 cm³/mol. The van der Waals surface area contributed by atoms with Crippen LogP contribution in [-0.4, -0.2) is 57.7 Å². The third-order valence-corrected chi connectivity index (χ3v) is 5.00. The number of alkyl halides is 3. The molecule has 162 valence electrons. The van der Waals surface area contributed by atoms with E-state index < -0.39 is 11.7 Å². The van der Waals surface area contributed by atoms with E-state index in [0.717, 1.165) is 31.4 Å². The van der Waals surface area contributed by atoms with Crippen LogP contribution in [0, 0.1) is 5.41 Å². The van der Waals surface area contributed by atoms with Gasteiger partial charge in [-0.15, -0.1) is 0 Å². The number of nitrogens with one attached hydrogen (secondary N) is 2. The van der Waals surface area contributed by atoms with E-state index in [1.165, 1.54) is 11.0 Å². The minimum absolute atomic E-state index is 0.0481. The number of halogens is 3. The molecule has 0 aliphatic heterocycles. The number of guanidine groups is 1. The number of carbonyl (C=O) groups excluding carboxylic acids is 1. The Bertz CT molecular complexity index is 716. The van der Waals surface area contributed by atoms with E-state index in [4.69, 9.17) is 4.74 Å². The molecule has 29 heavy (non-hydrogen) atoms. The lowest BCUT2D eigenvalue weighted by Gasteiger charge is -2.19. The Balaban J connectivity index is 2.04. The van der Waals surface area contributed by atoms with Crippen molar-refractivity contribution in [3.8, 4) is 0 Å². The number of amides is 1. The van der Waals surface area contributed by atoms with Gasteiger partial charge in [0.2, 0.25) is 5.91 Å². The number of ether oxygens (including phenoxy) is 1. The first kappa shape index (κ1) is 23.0. The Kier molecular flexibility index (Phi) is 7.89. The van der Waals surface area contributed by atoms with Gasteiger partial charge in [0, 0.05) is 34.4 Å². The molecule has 1 amide bonds. The van der Waals surface area contributed by atoms with Crippen LogP contribution in [0.25, 0.3) is 0 Å². The molecule has 0 radical (unpaired) electrons. The Labute approximate surface area is 169 Å². The topological polar surface area (TPSA) is 66.0 Å². The molecule has 1 aliphatic rings. The molecule has 0 heterocycles. The number of methoxy groups -OCH3 is 1. The molecule has 1 aromatic rings. The Morgan fingerprint density at radius 3 is 2.59 bits per heavy atom. The molecule has 0 spiro atoms. The van der Waals surface area contributed by atoms with Crippen molar-refractivity contribution in [3.63, 3.8) is 0 Å². The average molecular weight is 414 g/mol. The van der Waals surface area contributed by atoms with Crippen LogP contribution in [0.2, 0.25) is 0 Å². The molecule has 1 aromatic carbocycles. The van der Waals surface area contributed by atoms with Gasteiger partial charge in [-0.3, -0.25) is 4.79 Å². The molecule has 0 saturated heterocycles. The fourth-order valence-electron chi connectivity index (χ4n) is 2.79. The first-order chi connectivity index (χ1) is 13.6. The number of carbonyl (C=O) groups is 1. The maximum absolute atomic E-state index is 12.9. The van der Waals surface area contributed by atoms with E-state index >= 15 is 0 Å². The highest BCUT2D eigenvalue weighted by molar-refractivity contribution is 5.86. The molecule has 1 aliphatic carbocycles. The van der Waals surface area contributed by atoms with E-state index in [0.29, 0.717) is 24.7 Å². The summed E-state index contributed by atoms with van der Waals surface area (Å²) in [5.74, 6) is 0.278. The molecule has 0 unspecified atom stereocenters.